The molecule has 0 saturated heterocycles. The van der Waals surface area contributed by atoms with Gasteiger partial charge in [0.25, 0.3) is 10.0 Å². The average Bonchev–Trinajstić information content (AvgIpc) is 2.64. The molecule has 3 aromatic rings. The molecule has 0 fully saturated rings. The summed E-state index contributed by atoms with van der Waals surface area (Å²) in [6.07, 6.45) is 0. The summed E-state index contributed by atoms with van der Waals surface area (Å²) in [6, 6.07) is 20.8. The van der Waals surface area contributed by atoms with E-state index in [2.05, 4.69) is 4.72 Å². The van der Waals surface area contributed by atoms with E-state index >= 15 is 0 Å². The van der Waals surface area contributed by atoms with E-state index in [-0.39, 0.29) is 4.90 Å². The van der Waals surface area contributed by atoms with Gasteiger partial charge in [-0.2, -0.15) is 0 Å². The first-order valence-corrected chi connectivity index (χ1v) is 10.1. The van der Waals surface area contributed by atoms with Gasteiger partial charge in [0.15, 0.2) is 5.75 Å². The topological polar surface area (TPSA) is 64.6 Å². The molecular weight excluding hydrogens is 362 g/mol. The number of nitrogens with one attached hydrogen (secondary N) is 1. The monoisotopic (exact) mass is 383 g/mol. The van der Waals surface area contributed by atoms with Crippen molar-refractivity contribution < 1.29 is 17.9 Å². The maximum absolute atomic E-state index is 12.7. The number of hydrogen-bond acceptors (Lipinski definition) is 4. The van der Waals surface area contributed by atoms with E-state index in [1.54, 1.807) is 36.4 Å². The number of sulfonamides is 1. The van der Waals surface area contributed by atoms with Crippen LogP contribution in [0.5, 0.6) is 17.2 Å². The lowest BCUT2D eigenvalue weighted by atomic mass is 10.2. The third-order valence-corrected chi connectivity index (χ3v) is 5.18. The molecule has 0 bridgehead atoms. The van der Waals surface area contributed by atoms with E-state index in [0.717, 1.165) is 5.56 Å². The van der Waals surface area contributed by atoms with E-state index in [0.29, 0.717) is 29.5 Å². The zero-order valence-electron chi connectivity index (χ0n) is 15.2. The summed E-state index contributed by atoms with van der Waals surface area (Å²) in [6.45, 7) is 4.36. The van der Waals surface area contributed by atoms with Crippen molar-refractivity contribution in [1.82, 2.24) is 0 Å². The lowest BCUT2D eigenvalue weighted by molar-refractivity contribution is 0.340. The Hall–Kier alpha value is -2.99. The van der Waals surface area contributed by atoms with Gasteiger partial charge in [0.1, 0.15) is 11.5 Å². The van der Waals surface area contributed by atoms with Gasteiger partial charge in [-0.3, -0.25) is 4.72 Å². The van der Waals surface area contributed by atoms with Crippen LogP contribution in [-0.2, 0) is 10.0 Å². The van der Waals surface area contributed by atoms with Crippen LogP contribution in [0.15, 0.2) is 77.7 Å². The van der Waals surface area contributed by atoms with E-state index in [4.69, 9.17) is 9.47 Å². The van der Waals surface area contributed by atoms with Crippen molar-refractivity contribution in [3.05, 3.63) is 78.4 Å². The minimum Gasteiger partial charge on any atom is -0.494 e. The molecule has 0 saturated carbocycles. The van der Waals surface area contributed by atoms with Crippen LogP contribution in [-0.4, -0.2) is 15.0 Å². The highest BCUT2D eigenvalue weighted by molar-refractivity contribution is 7.92. The number of rotatable bonds is 7. The molecule has 0 spiro atoms. The summed E-state index contributed by atoms with van der Waals surface area (Å²) in [4.78, 5) is 0.149. The van der Waals surface area contributed by atoms with E-state index < -0.39 is 10.0 Å². The highest BCUT2D eigenvalue weighted by atomic mass is 32.2. The summed E-state index contributed by atoms with van der Waals surface area (Å²) in [7, 11) is -3.75. The molecule has 6 heteroatoms. The molecule has 0 amide bonds. The third kappa shape index (κ3) is 4.80. The minimum atomic E-state index is -3.75. The summed E-state index contributed by atoms with van der Waals surface area (Å²) in [5.74, 6) is 1.69. The largest absolute Gasteiger partial charge is 0.494 e. The summed E-state index contributed by atoms with van der Waals surface area (Å²) < 4.78 is 39.3. The summed E-state index contributed by atoms with van der Waals surface area (Å²) >= 11 is 0. The number of benzene rings is 3. The van der Waals surface area contributed by atoms with Gasteiger partial charge < -0.3 is 9.47 Å². The Morgan fingerprint density at radius 1 is 0.889 bits per heavy atom. The van der Waals surface area contributed by atoms with Crippen molar-refractivity contribution in [1.29, 1.82) is 0 Å². The molecular formula is C21H21NO4S. The fourth-order valence-electron chi connectivity index (χ4n) is 2.53. The van der Waals surface area contributed by atoms with Crippen molar-refractivity contribution in [2.75, 3.05) is 11.3 Å². The Kier molecular flexibility index (Phi) is 5.66. The molecule has 0 aliphatic rings. The number of ether oxygens (including phenoxy) is 2. The van der Waals surface area contributed by atoms with Gasteiger partial charge in [0.2, 0.25) is 0 Å². The Morgan fingerprint density at radius 2 is 1.63 bits per heavy atom. The van der Waals surface area contributed by atoms with Crippen LogP contribution in [0.2, 0.25) is 0 Å². The molecule has 1 N–H and O–H groups in total. The highest BCUT2D eigenvalue weighted by Gasteiger charge is 2.17. The van der Waals surface area contributed by atoms with Gasteiger partial charge in [-0.15, -0.1) is 0 Å². The number of hydrogen-bond donors (Lipinski definition) is 1. The molecule has 0 aromatic heterocycles. The van der Waals surface area contributed by atoms with Crippen molar-refractivity contribution in [3.8, 4) is 17.2 Å². The molecule has 5 nitrogen and oxygen atoms in total. The third-order valence-electron chi connectivity index (χ3n) is 3.79. The average molecular weight is 383 g/mol. The molecule has 0 aliphatic carbocycles. The van der Waals surface area contributed by atoms with Gasteiger partial charge >= 0.3 is 0 Å². The zero-order valence-corrected chi connectivity index (χ0v) is 16.0. The number of aryl methyl sites for hydroxylation is 1. The molecule has 0 unspecified atom stereocenters. The van der Waals surface area contributed by atoms with Crippen molar-refractivity contribution in [2.45, 2.75) is 18.7 Å². The van der Waals surface area contributed by atoms with E-state index in [1.165, 1.54) is 12.1 Å². The van der Waals surface area contributed by atoms with Crippen LogP contribution < -0.4 is 14.2 Å². The molecule has 0 aliphatic heterocycles. The SMILES string of the molecule is CCOc1ccc(S(=O)(=O)Nc2ccccc2Oc2cccc(C)c2)cc1. The van der Waals surface area contributed by atoms with Crippen LogP contribution >= 0.6 is 0 Å². The van der Waals surface area contributed by atoms with Crippen LogP contribution in [0, 0.1) is 6.92 Å². The van der Waals surface area contributed by atoms with Gasteiger partial charge in [-0.25, -0.2) is 8.42 Å². The molecule has 0 atom stereocenters. The lowest BCUT2D eigenvalue weighted by Gasteiger charge is -2.14. The number of anilines is 1. The Labute approximate surface area is 159 Å². The quantitative estimate of drug-likeness (QED) is 0.624. The maximum atomic E-state index is 12.7. The van der Waals surface area contributed by atoms with E-state index in [1.807, 2.05) is 38.1 Å². The first-order chi connectivity index (χ1) is 13.0. The maximum Gasteiger partial charge on any atom is 0.262 e. The fraction of sp³-hybridized carbons (Fsp3) is 0.143. The Bertz CT molecular complexity index is 1010. The van der Waals surface area contributed by atoms with Gasteiger partial charge in [0.05, 0.1) is 17.2 Å². The molecule has 27 heavy (non-hydrogen) atoms. The van der Waals surface area contributed by atoms with Crippen LogP contribution in [0.25, 0.3) is 0 Å². The Balaban J connectivity index is 1.84. The van der Waals surface area contributed by atoms with Gasteiger partial charge in [-0.05, 0) is 67.9 Å². The predicted molar refractivity (Wildman–Crippen MR) is 106 cm³/mol. The molecule has 140 valence electrons. The first kappa shape index (κ1) is 18.8. The normalized spacial score (nSPS) is 11.0. The molecule has 3 aromatic carbocycles. The summed E-state index contributed by atoms with van der Waals surface area (Å²) in [5, 5.41) is 0. The van der Waals surface area contributed by atoms with Crippen LogP contribution in [0.4, 0.5) is 5.69 Å². The number of para-hydroxylation sites is 2. The highest BCUT2D eigenvalue weighted by Crippen LogP contribution is 2.31. The van der Waals surface area contributed by atoms with Gasteiger partial charge in [-0.1, -0.05) is 24.3 Å². The zero-order chi connectivity index (χ0) is 19.3. The molecule has 0 heterocycles. The standard InChI is InChI=1S/C21H21NO4S/c1-3-25-17-11-13-19(14-12-17)27(23,24)22-20-9-4-5-10-21(20)26-18-8-6-7-16(2)15-18/h4-15,22H,3H2,1-2H3. The lowest BCUT2D eigenvalue weighted by Crippen LogP contribution is -2.13. The second-order valence-electron chi connectivity index (χ2n) is 5.92. The van der Waals surface area contributed by atoms with Crippen LogP contribution in [0.1, 0.15) is 12.5 Å². The summed E-state index contributed by atoms with van der Waals surface area (Å²) in [5.41, 5.74) is 1.42. The van der Waals surface area contributed by atoms with Crippen LogP contribution in [0.3, 0.4) is 0 Å². The first-order valence-electron chi connectivity index (χ1n) is 8.57. The Morgan fingerprint density at radius 3 is 2.33 bits per heavy atom. The van der Waals surface area contributed by atoms with Gasteiger partial charge in [0, 0.05) is 0 Å². The predicted octanol–water partition coefficient (Wildman–Crippen LogP) is 4.99. The second kappa shape index (κ2) is 8.14. The molecule has 0 radical (unpaired) electrons. The van der Waals surface area contributed by atoms with E-state index in [9.17, 15) is 8.42 Å². The molecule has 3 rings (SSSR count). The van der Waals surface area contributed by atoms with Crippen molar-refractivity contribution in [3.63, 3.8) is 0 Å². The van der Waals surface area contributed by atoms with Crippen molar-refractivity contribution in [2.24, 2.45) is 0 Å². The fourth-order valence-corrected chi connectivity index (χ4v) is 3.60. The smallest absolute Gasteiger partial charge is 0.262 e. The second-order valence-corrected chi connectivity index (χ2v) is 7.61. The van der Waals surface area contributed by atoms with Crippen molar-refractivity contribution >= 4 is 15.7 Å². The minimum absolute atomic E-state index is 0.149.